The molecule has 2 heterocycles. The first-order chi connectivity index (χ1) is 17.9. The quantitative estimate of drug-likeness (QED) is 0.104. The molecule has 0 unspecified atom stereocenters. The lowest BCUT2D eigenvalue weighted by Crippen LogP contribution is -2.19. The number of halogens is 1. The van der Waals surface area contributed by atoms with Crippen molar-refractivity contribution in [3.8, 4) is 16.9 Å². The zero-order valence-corrected chi connectivity index (χ0v) is 21.6. The highest BCUT2D eigenvalue weighted by Gasteiger charge is 2.20. The third-order valence-corrected chi connectivity index (χ3v) is 6.30. The van der Waals surface area contributed by atoms with Crippen LogP contribution in [0.25, 0.3) is 22.0 Å². The number of hydrogen-bond acceptors (Lipinski definition) is 5. The number of benzene rings is 3. The number of furan rings is 1. The number of carbonyl (C=O) groups excluding carboxylic acids is 2. The fourth-order valence-corrected chi connectivity index (χ4v) is 4.58. The monoisotopic (exact) mass is 555 g/mol. The number of amides is 1. The first-order valence-electron chi connectivity index (χ1n) is 11.5. The number of nitrogens with zero attached hydrogens (tertiary/aromatic N) is 1. The number of hydrogen-bond donors (Lipinski definition) is 2. The Morgan fingerprint density at radius 2 is 1.84 bits per heavy atom. The first kappa shape index (κ1) is 24.3. The summed E-state index contributed by atoms with van der Waals surface area (Å²) in [4.78, 5) is 29.0. The topological polar surface area (TPSA) is 96.7 Å². The second-order valence-corrected chi connectivity index (χ2v) is 9.41. The van der Waals surface area contributed by atoms with Gasteiger partial charge in [0, 0.05) is 26.5 Å². The van der Waals surface area contributed by atoms with Gasteiger partial charge in [-0.1, -0.05) is 57.9 Å². The highest BCUT2D eigenvalue weighted by Crippen LogP contribution is 2.34. The molecular formula is C29H22BrN3O4. The maximum absolute atomic E-state index is 13.3. The van der Waals surface area contributed by atoms with Crippen molar-refractivity contribution in [2.75, 3.05) is 0 Å². The molecule has 0 saturated carbocycles. The normalized spacial score (nSPS) is 11.2. The van der Waals surface area contributed by atoms with Gasteiger partial charge in [0.25, 0.3) is 5.91 Å². The SMILES string of the molecule is Cc1cc(C)c2[nH]c(C(=O)NN=Cc3cc(Br)ccc3OC(=O)c3ccco3)c(-c3ccccc3)c2c1. The minimum atomic E-state index is -0.637. The van der Waals surface area contributed by atoms with E-state index < -0.39 is 11.9 Å². The molecule has 37 heavy (non-hydrogen) atoms. The van der Waals surface area contributed by atoms with E-state index in [1.54, 1.807) is 24.3 Å². The van der Waals surface area contributed by atoms with E-state index in [1.165, 1.54) is 18.5 Å². The van der Waals surface area contributed by atoms with Gasteiger partial charge < -0.3 is 14.1 Å². The van der Waals surface area contributed by atoms with Crippen LogP contribution in [-0.4, -0.2) is 23.1 Å². The van der Waals surface area contributed by atoms with Gasteiger partial charge in [-0.05, 0) is 61.4 Å². The largest absolute Gasteiger partial charge is 0.457 e. The van der Waals surface area contributed by atoms with Crippen molar-refractivity contribution in [3.05, 3.63) is 112 Å². The Morgan fingerprint density at radius 1 is 1.03 bits per heavy atom. The number of hydrazone groups is 1. The number of carbonyl (C=O) groups is 2. The van der Waals surface area contributed by atoms with Crippen molar-refractivity contribution in [1.29, 1.82) is 0 Å². The molecule has 0 atom stereocenters. The van der Waals surface area contributed by atoms with E-state index in [2.05, 4.69) is 43.6 Å². The van der Waals surface area contributed by atoms with Gasteiger partial charge in [0.2, 0.25) is 5.76 Å². The van der Waals surface area contributed by atoms with Gasteiger partial charge in [-0.3, -0.25) is 4.79 Å². The molecule has 5 rings (SSSR count). The number of ether oxygens (including phenoxy) is 1. The van der Waals surface area contributed by atoms with E-state index in [4.69, 9.17) is 9.15 Å². The summed E-state index contributed by atoms with van der Waals surface area (Å²) in [5.74, 6) is -0.684. The van der Waals surface area contributed by atoms with Crippen molar-refractivity contribution in [2.45, 2.75) is 13.8 Å². The summed E-state index contributed by atoms with van der Waals surface area (Å²) in [5.41, 5.74) is 8.29. The molecule has 2 aromatic heterocycles. The van der Waals surface area contributed by atoms with Gasteiger partial charge in [0.05, 0.1) is 12.5 Å². The van der Waals surface area contributed by atoms with E-state index in [1.807, 2.05) is 44.2 Å². The van der Waals surface area contributed by atoms with Crippen LogP contribution >= 0.6 is 15.9 Å². The summed E-state index contributed by atoms with van der Waals surface area (Å²) < 4.78 is 11.3. The minimum absolute atomic E-state index is 0.0805. The number of H-pyrrole nitrogens is 1. The van der Waals surface area contributed by atoms with Crippen LogP contribution in [0.3, 0.4) is 0 Å². The smallest absolute Gasteiger partial charge is 0.379 e. The van der Waals surface area contributed by atoms with Gasteiger partial charge in [-0.25, -0.2) is 10.2 Å². The second kappa shape index (κ2) is 10.3. The fourth-order valence-electron chi connectivity index (χ4n) is 4.20. The fraction of sp³-hybridized carbons (Fsp3) is 0.0690. The zero-order chi connectivity index (χ0) is 25.9. The Labute approximate surface area is 221 Å². The molecule has 8 heteroatoms. The van der Waals surface area contributed by atoms with Crippen LogP contribution in [0.2, 0.25) is 0 Å². The molecule has 2 N–H and O–H groups in total. The summed E-state index contributed by atoms with van der Waals surface area (Å²) in [7, 11) is 0. The van der Waals surface area contributed by atoms with Gasteiger partial charge in [0.1, 0.15) is 11.4 Å². The number of aromatic amines is 1. The third kappa shape index (κ3) is 5.10. The number of nitrogens with one attached hydrogen (secondary N) is 2. The first-order valence-corrected chi connectivity index (χ1v) is 12.3. The molecule has 0 fully saturated rings. The highest BCUT2D eigenvalue weighted by molar-refractivity contribution is 9.10. The Morgan fingerprint density at radius 3 is 2.59 bits per heavy atom. The molecule has 5 aromatic rings. The second-order valence-electron chi connectivity index (χ2n) is 8.49. The number of aromatic nitrogens is 1. The standard InChI is InChI=1S/C29H22BrN3O4/c1-17-13-18(2)26-22(14-17)25(19-7-4-3-5-8-19)27(32-26)28(34)33-31-16-20-15-21(30)10-11-23(20)37-29(35)24-9-6-12-36-24/h3-16,32H,1-2H3,(H,33,34). The van der Waals surface area contributed by atoms with Gasteiger partial charge in [-0.15, -0.1) is 0 Å². The van der Waals surface area contributed by atoms with Crippen molar-refractivity contribution >= 4 is 44.9 Å². The van der Waals surface area contributed by atoms with Crippen LogP contribution in [0.15, 0.2) is 93.1 Å². The lowest BCUT2D eigenvalue weighted by Gasteiger charge is -2.07. The summed E-state index contributed by atoms with van der Waals surface area (Å²) in [6, 6.07) is 22.1. The molecule has 0 aliphatic rings. The maximum atomic E-state index is 13.3. The van der Waals surface area contributed by atoms with Crippen molar-refractivity contribution in [2.24, 2.45) is 5.10 Å². The number of esters is 1. The van der Waals surface area contributed by atoms with Crippen LogP contribution in [0, 0.1) is 13.8 Å². The molecule has 0 spiro atoms. The minimum Gasteiger partial charge on any atom is -0.457 e. The van der Waals surface area contributed by atoms with E-state index in [9.17, 15) is 9.59 Å². The molecule has 0 radical (unpaired) electrons. The molecule has 7 nitrogen and oxygen atoms in total. The van der Waals surface area contributed by atoms with Gasteiger partial charge in [-0.2, -0.15) is 5.10 Å². The van der Waals surface area contributed by atoms with Crippen molar-refractivity contribution < 1.29 is 18.7 Å². The van der Waals surface area contributed by atoms with Crippen LogP contribution in [0.4, 0.5) is 0 Å². The van der Waals surface area contributed by atoms with E-state index >= 15 is 0 Å². The van der Waals surface area contributed by atoms with Crippen LogP contribution in [0.1, 0.15) is 37.7 Å². The maximum Gasteiger partial charge on any atom is 0.379 e. The van der Waals surface area contributed by atoms with Crippen molar-refractivity contribution in [3.63, 3.8) is 0 Å². The Balaban J connectivity index is 1.45. The lowest BCUT2D eigenvalue weighted by atomic mass is 9.99. The number of aryl methyl sites for hydroxylation is 2. The van der Waals surface area contributed by atoms with Crippen LogP contribution < -0.4 is 10.2 Å². The molecule has 0 aliphatic heterocycles. The lowest BCUT2D eigenvalue weighted by molar-refractivity contribution is 0.0700. The van der Waals surface area contributed by atoms with Crippen LogP contribution in [-0.2, 0) is 0 Å². The predicted molar refractivity (Wildman–Crippen MR) is 146 cm³/mol. The highest BCUT2D eigenvalue weighted by atomic mass is 79.9. The number of fused-ring (bicyclic) bond motifs is 1. The van der Waals surface area contributed by atoms with E-state index in [0.29, 0.717) is 11.3 Å². The zero-order valence-electron chi connectivity index (χ0n) is 20.0. The molecule has 0 aliphatic carbocycles. The Bertz CT molecular complexity index is 1640. The molecule has 1 amide bonds. The van der Waals surface area contributed by atoms with Gasteiger partial charge >= 0.3 is 5.97 Å². The summed E-state index contributed by atoms with van der Waals surface area (Å²) >= 11 is 3.41. The molecule has 0 bridgehead atoms. The molecule has 184 valence electrons. The molecule has 3 aromatic carbocycles. The van der Waals surface area contributed by atoms with Crippen molar-refractivity contribution in [1.82, 2.24) is 10.4 Å². The van der Waals surface area contributed by atoms with Crippen LogP contribution in [0.5, 0.6) is 5.75 Å². The average molecular weight is 556 g/mol. The summed E-state index contributed by atoms with van der Waals surface area (Å²) in [5, 5.41) is 5.12. The summed E-state index contributed by atoms with van der Waals surface area (Å²) in [6.07, 6.45) is 2.82. The molecule has 0 saturated heterocycles. The Kier molecular flexibility index (Phi) is 6.74. The van der Waals surface area contributed by atoms with E-state index in [0.717, 1.165) is 37.6 Å². The predicted octanol–water partition coefficient (Wildman–Crippen LogP) is 6.79. The number of rotatable bonds is 6. The summed E-state index contributed by atoms with van der Waals surface area (Å²) in [6.45, 7) is 4.05. The molecular weight excluding hydrogens is 534 g/mol. The van der Waals surface area contributed by atoms with E-state index in [-0.39, 0.29) is 11.5 Å². The van der Waals surface area contributed by atoms with Gasteiger partial charge in [0.15, 0.2) is 0 Å². The third-order valence-electron chi connectivity index (χ3n) is 5.81. The Hall–Kier alpha value is -4.43. The average Bonchev–Trinajstić information content (AvgIpc) is 3.55.